The van der Waals surface area contributed by atoms with Gasteiger partial charge in [0.05, 0.1) is 6.04 Å². The van der Waals surface area contributed by atoms with E-state index in [4.69, 9.17) is 4.99 Å². The summed E-state index contributed by atoms with van der Waals surface area (Å²) < 4.78 is 0. The highest BCUT2D eigenvalue weighted by Gasteiger charge is 2.04. The third-order valence-electron chi connectivity index (χ3n) is 3.14. The van der Waals surface area contributed by atoms with Crippen molar-refractivity contribution in [1.29, 1.82) is 0 Å². The van der Waals surface area contributed by atoms with Crippen LogP contribution in [0.25, 0.3) is 0 Å². The van der Waals surface area contributed by atoms with E-state index in [0.717, 1.165) is 5.71 Å². The van der Waals surface area contributed by atoms with Crippen LogP contribution in [0.4, 0.5) is 0 Å². The van der Waals surface area contributed by atoms with Crippen LogP contribution in [0.3, 0.4) is 0 Å². The van der Waals surface area contributed by atoms with Crippen molar-refractivity contribution in [3.63, 3.8) is 0 Å². The van der Waals surface area contributed by atoms with Crippen LogP contribution in [0.5, 0.6) is 0 Å². The van der Waals surface area contributed by atoms with Crippen molar-refractivity contribution in [1.82, 2.24) is 0 Å². The number of benzene rings is 2. The summed E-state index contributed by atoms with van der Waals surface area (Å²) in [5.41, 5.74) is 4.82. The van der Waals surface area contributed by atoms with Crippen LogP contribution in [0, 0.1) is 6.92 Å². The predicted molar refractivity (Wildman–Crippen MR) is 88.6 cm³/mol. The number of aliphatic imine (C=N–C) groups is 1. The molecule has 0 bridgehead atoms. The van der Waals surface area contributed by atoms with Gasteiger partial charge in [0.15, 0.2) is 0 Å². The first-order valence-electron chi connectivity index (χ1n) is 6.33. The Morgan fingerprint density at radius 1 is 0.947 bits per heavy atom. The van der Waals surface area contributed by atoms with Gasteiger partial charge in [-0.25, -0.2) is 0 Å². The van der Waals surface area contributed by atoms with E-state index in [2.05, 4.69) is 69.3 Å². The van der Waals surface area contributed by atoms with Crippen molar-refractivity contribution >= 4 is 19.2 Å². The minimum absolute atomic E-state index is 0. The van der Waals surface area contributed by atoms with Crippen LogP contribution in [-0.2, 0) is 0 Å². The normalized spacial score (nSPS) is 12.7. The lowest BCUT2D eigenvalue weighted by molar-refractivity contribution is 0.819. The fraction of sp³-hybridized carbons (Fsp3) is 0.235. The molecular weight excluding hydrogens is 250 g/mol. The van der Waals surface area contributed by atoms with Crippen LogP contribution in [0.2, 0.25) is 0 Å². The van der Waals surface area contributed by atoms with Gasteiger partial charge >= 0.3 is 0 Å². The van der Waals surface area contributed by atoms with Gasteiger partial charge in [0, 0.05) is 5.71 Å². The second-order valence-corrected chi connectivity index (χ2v) is 4.67. The lowest BCUT2D eigenvalue weighted by Crippen LogP contribution is -1.99. The molecule has 2 aromatic carbocycles. The summed E-state index contributed by atoms with van der Waals surface area (Å²) in [6.07, 6.45) is 0. The van der Waals surface area contributed by atoms with Gasteiger partial charge in [-0.05, 0) is 31.9 Å². The van der Waals surface area contributed by atoms with E-state index in [1.807, 2.05) is 6.07 Å². The fourth-order valence-electron chi connectivity index (χ4n) is 1.97. The number of hydrogen-bond acceptors (Lipinski definition) is 1. The molecule has 1 nitrogen and oxygen atoms in total. The molecule has 0 saturated heterocycles. The zero-order valence-electron chi connectivity index (χ0n) is 11.7. The van der Waals surface area contributed by atoms with Crippen molar-refractivity contribution in [2.24, 2.45) is 4.99 Å². The lowest BCUT2D eigenvalue weighted by Gasteiger charge is -2.09. The van der Waals surface area contributed by atoms with Crippen molar-refractivity contribution < 1.29 is 0 Å². The topological polar surface area (TPSA) is 12.4 Å². The van der Waals surface area contributed by atoms with Crippen molar-refractivity contribution in [3.8, 4) is 0 Å². The van der Waals surface area contributed by atoms with E-state index in [-0.39, 0.29) is 19.5 Å². The van der Waals surface area contributed by atoms with Crippen molar-refractivity contribution in [2.45, 2.75) is 26.8 Å². The fourth-order valence-corrected chi connectivity index (χ4v) is 1.97. The van der Waals surface area contributed by atoms with E-state index in [1.165, 1.54) is 16.7 Å². The molecule has 0 aliphatic carbocycles. The van der Waals surface area contributed by atoms with Crippen molar-refractivity contribution in [3.05, 3.63) is 71.3 Å². The molecular formula is C17H21NS. The van der Waals surface area contributed by atoms with E-state index in [0.29, 0.717) is 0 Å². The number of aryl methyl sites for hydroxylation is 1. The second kappa shape index (κ2) is 7.15. The Kier molecular flexibility index (Phi) is 5.84. The molecule has 0 amide bonds. The molecule has 2 rings (SSSR count). The molecule has 0 radical (unpaired) electrons. The molecule has 19 heavy (non-hydrogen) atoms. The Balaban J connectivity index is 0.00000180. The summed E-state index contributed by atoms with van der Waals surface area (Å²) in [5.74, 6) is 0. The van der Waals surface area contributed by atoms with Crippen molar-refractivity contribution in [2.75, 3.05) is 0 Å². The summed E-state index contributed by atoms with van der Waals surface area (Å²) in [5, 5.41) is 0. The number of rotatable bonds is 3. The standard InChI is InChI=1S/C17H19N.H2S/c1-13-9-11-17(12-10-13)15(3)18-14(2)16-7-5-4-6-8-16;/h4-12,14H,1-3H3;1H2. The average molecular weight is 271 g/mol. The summed E-state index contributed by atoms with van der Waals surface area (Å²) in [4.78, 5) is 4.76. The summed E-state index contributed by atoms with van der Waals surface area (Å²) >= 11 is 0. The van der Waals surface area contributed by atoms with Gasteiger partial charge < -0.3 is 0 Å². The molecule has 0 N–H and O–H groups in total. The average Bonchev–Trinajstić information content (AvgIpc) is 2.40. The molecule has 0 heterocycles. The molecule has 100 valence electrons. The largest absolute Gasteiger partial charge is 0.282 e. The zero-order valence-corrected chi connectivity index (χ0v) is 12.7. The second-order valence-electron chi connectivity index (χ2n) is 4.67. The van der Waals surface area contributed by atoms with E-state index in [1.54, 1.807) is 0 Å². The minimum Gasteiger partial charge on any atom is -0.282 e. The highest BCUT2D eigenvalue weighted by atomic mass is 32.1. The quantitative estimate of drug-likeness (QED) is 0.719. The first-order valence-corrected chi connectivity index (χ1v) is 6.33. The maximum atomic E-state index is 4.76. The summed E-state index contributed by atoms with van der Waals surface area (Å²) in [7, 11) is 0. The van der Waals surface area contributed by atoms with Gasteiger partial charge in [-0.2, -0.15) is 13.5 Å². The highest BCUT2D eigenvalue weighted by Crippen LogP contribution is 2.17. The Morgan fingerprint density at radius 3 is 2.11 bits per heavy atom. The molecule has 2 heteroatoms. The first kappa shape index (κ1) is 15.5. The Morgan fingerprint density at radius 2 is 1.53 bits per heavy atom. The number of nitrogens with zero attached hydrogens (tertiary/aromatic N) is 1. The van der Waals surface area contributed by atoms with Crippen LogP contribution >= 0.6 is 13.5 Å². The first-order chi connectivity index (χ1) is 8.66. The molecule has 2 aromatic rings. The summed E-state index contributed by atoms with van der Waals surface area (Å²) in [6, 6.07) is 19.1. The van der Waals surface area contributed by atoms with E-state index in [9.17, 15) is 0 Å². The van der Waals surface area contributed by atoms with Gasteiger partial charge in [0.25, 0.3) is 0 Å². The van der Waals surface area contributed by atoms with Gasteiger partial charge in [-0.1, -0.05) is 60.2 Å². The van der Waals surface area contributed by atoms with E-state index >= 15 is 0 Å². The zero-order chi connectivity index (χ0) is 13.0. The SMILES string of the molecule is CC(=NC(C)c1ccccc1)c1ccc(C)cc1.S. The molecule has 1 atom stereocenters. The van der Waals surface area contributed by atoms with Crippen LogP contribution in [-0.4, -0.2) is 5.71 Å². The van der Waals surface area contributed by atoms with Crippen LogP contribution < -0.4 is 0 Å². The third-order valence-corrected chi connectivity index (χ3v) is 3.14. The maximum Gasteiger partial charge on any atom is 0.0724 e. The molecule has 0 aliphatic heterocycles. The lowest BCUT2D eigenvalue weighted by atomic mass is 10.1. The number of hydrogen-bond donors (Lipinski definition) is 0. The Hall–Kier alpha value is -1.54. The summed E-state index contributed by atoms with van der Waals surface area (Å²) in [6.45, 7) is 6.31. The third kappa shape index (κ3) is 4.25. The molecule has 0 spiro atoms. The molecule has 0 aliphatic rings. The van der Waals surface area contributed by atoms with Gasteiger partial charge in [-0.15, -0.1) is 0 Å². The molecule has 0 aromatic heterocycles. The van der Waals surface area contributed by atoms with Gasteiger partial charge in [-0.3, -0.25) is 4.99 Å². The molecule has 1 unspecified atom stereocenters. The monoisotopic (exact) mass is 271 g/mol. The van der Waals surface area contributed by atoms with E-state index < -0.39 is 0 Å². The van der Waals surface area contributed by atoms with Gasteiger partial charge in [0.2, 0.25) is 0 Å². The molecule has 0 fully saturated rings. The smallest absolute Gasteiger partial charge is 0.0724 e. The van der Waals surface area contributed by atoms with Crippen LogP contribution in [0.1, 0.15) is 36.6 Å². The Bertz CT molecular complexity index is 529. The molecule has 0 saturated carbocycles. The highest BCUT2D eigenvalue weighted by molar-refractivity contribution is 7.59. The minimum atomic E-state index is 0. The maximum absolute atomic E-state index is 4.76. The predicted octanol–water partition coefficient (Wildman–Crippen LogP) is 4.68. The van der Waals surface area contributed by atoms with Crippen LogP contribution in [0.15, 0.2) is 59.6 Å². The Labute approximate surface area is 122 Å². The van der Waals surface area contributed by atoms with Gasteiger partial charge in [0.1, 0.15) is 0 Å².